The molecule has 1 N–H and O–H groups in total. The lowest BCUT2D eigenvalue weighted by atomic mass is 9.98. The minimum Gasteiger partial charge on any atom is -0.497 e. The molecule has 2 aromatic rings. The lowest BCUT2D eigenvalue weighted by molar-refractivity contribution is -0.115. The summed E-state index contributed by atoms with van der Waals surface area (Å²) in [6, 6.07) is 10.9. The van der Waals surface area contributed by atoms with E-state index in [0.717, 1.165) is 11.6 Å². The third kappa shape index (κ3) is 3.13. The number of anilines is 1. The number of nitrogens with one attached hydrogen (secondary N) is 1. The fraction of sp³-hybridized carbons (Fsp3) is 0.111. The van der Waals surface area contributed by atoms with Gasteiger partial charge in [0.25, 0.3) is 0 Å². The van der Waals surface area contributed by atoms with E-state index in [1.165, 1.54) is 12.1 Å². The molecule has 1 amide bonds. The Labute approximate surface area is 132 Å². The normalized spacial score (nSPS) is 15.8. The summed E-state index contributed by atoms with van der Waals surface area (Å²) in [5.41, 5.74) is 1.58. The van der Waals surface area contributed by atoms with E-state index >= 15 is 0 Å². The van der Waals surface area contributed by atoms with Crippen LogP contribution in [0.2, 0.25) is 0 Å². The fourth-order valence-electron chi connectivity index (χ4n) is 2.45. The highest BCUT2D eigenvalue weighted by atomic mass is 19.1. The zero-order valence-corrected chi connectivity index (χ0v) is 12.4. The molecule has 0 bridgehead atoms. The van der Waals surface area contributed by atoms with E-state index in [9.17, 15) is 14.0 Å². The summed E-state index contributed by atoms with van der Waals surface area (Å²) >= 11 is 0. The lowest BCUT2D eigenvalue weighted by Gasteiger charge is -2.05. The Hall–Kier alpha value is -2.95. The number of methoxy groups -OCH3 is 1. The van der Waals surface area contributed by atoms with Crippen LogP contribution in [0.5, 0.6) is 5.75 Å². The molecule has 3 rings (SSSR count). The van der Waals surface area contributed by atoms with Crippen LogP contribution in [0.25, 0.3) is 6.08 Å². The third-order valence-corrected chi connectivity index (χ3v) is 3.60. The van der Waals surface area contributed by atoms with Crippen LogP contribution in [0.15, 0.2) is 48.0 Å². The molecule has 2 aromatic carbocycles. The van der Waals surface area contributed by atoms with Gasteiger partial charge in [-0.15, -0.1) is 0 Å². The SMILES string of the molecule is COc1ccc(/C=C2/CC(=O)Nc3ccc(F)cc3C2=O)cc1. The number of carbonyl (C=O) groups is 2. The first-order valence-corrected chi connectivity index (χ1v) is 7.05. The van der Waals surface area contributed by atoms with Crippen LogP contribution in [-0.4, -0.2) is 18.8 Å². The molecule has 0 fully saturated rings. The first-order valence-electron chi connectivity index (χ1n) is 7.05. The second-order valence-electron chi connectivity index (χ2n) is 5.19. The molecule has 0 spiro atoms. The van der Waals surface area contributed by atoms with Crippen molar-refractivity contribution >= 4 is 23.5 Å². The van der Waals surface area contributed by atoms with Gasteiger partial charge in [0.05, 0.1) is 19.2 Å². The number of fused-ring (bicyclic) bond motifs is 1. The zero-order valence-electron chi connectivity index (χ0n) is 12.4. The molecule has 116 valence electrons. The van der Waals surface area contributed by atoms with Crippen molar-refractivity contribution in [3.8, 4) is 5.75 Å². The number of amides is 1. The number of carbonyl (C=O) groups excluding carboxylic acids is 2. The van der Waals surface area contributed by atoms with Crippen molar-refractivity contribution < 1.29 is 18.7 Å². The van der Waals surface area contributed by atoms with Crippen LogP contribution in [0, 0.1) is 5.82 Å². The van der Waals surface area contributed by atoms with Crippen molar-refractivity contribution in [2.45, 2.75) is 6.42 Å². The molecule has 0 radical (unpaired) electrons. The average molecular weight is 311 g/mol. The minimum absolute atomic E-state index is 0.0544. The molecule has 1 aliphatic rings. The van der Waals surface area contributed by atoms with E-state index in [1.807, 2.05) is 0 Å². The van der Waals surface area contributed by atoms with Crippen molar-refractivity contribution in [1.82, 2.24) is 0 Å². The molecule has 0 saturated heterocycles. The maximum absolute atomic E-state index is 13.4. The van der Waals surface area contributed by atoms with E-state index < -0.39 is 5.82 Å². The summed E-state index contributed by atoms with van der Waals surface area (Å²) in [6.45, 7) is 0. The topological polar surface area (TPSA) is 55.4 Å². The summed E-state index contributed by atoms with van der Waals surface area (Å²) in [5, 5.41) is 2.63. The Balaban J connectivity index is 2.02. The van der Waals surface area contributed by atoms with Crippen LogP contribution in [0.1, 0.15) is 22.3 Å². The van der Waals surface area contributed by atoms with Crippen molar-refractivity contribution in [2.75, 3.05) is 12.4 Å². The predicted molar refractivity (Wildman–Crippen MR) is 84.9 cm³/mol. The number of halogens is 1. The summed E-state index contributed by atoms with van der Waals surface area (Å²) in [5.74, 6) is -0.473. The third-order valence-electron chi connectivity index (χ3n) is 3.60. The molecule has 1 heterocycles. The molecule has 0 aromatic heterocycles. The molecule has 0 aliphatic carbocycles. The van der Waals surface area contributed by atoms with E-state index in [2.05, 4.69) is 5.32 Å². The number of hydrogen-bond acceptors (Lipinski definition) is 3. The first-order chi connectivity index (χ1) is 11.1. The van der Waals surface area contributed by atoms with Crippen LogP contribution in [-0.2, 0) is 4.79 Å². The van der Waals surface area contributed by atoms with Gasteiger partial charge in [0.1, 0.15) is 11.6 Å². The average Bonchev–Trinajstić information content (AvgIpc) is 2.66. The molecule has 0 saturated carbocycles. The Morgan fingerprint density at radius 1 is 1.13 bits per heavy atom. The van der Waals surface area contributed by atoms with E-state index in [0.29, 0.717) is 17.0 Å². The van der Waals surface area contributed by atoms with Gasteiger partial charge in [-0.1, -0.05) is 12.1 Å². The van der Waals surface area contributed by atoms with Gasteiger partial charge in [0.15, 0.2) is 5.78 Å². The summed E-state index contributed by atoms with van der Waals surface area (Å²) < 4.78 is 18.5. The quantitative estimate of drug-likeness (QED) is 0.864. The number of ketones is 1. The van der Waals surface area contributed by atoms with Gasteiger partial charge in [-0.25, -0.2) is 4.39 Å². The van der Waals surface area contributed by atoms with E-state index in [1.54, 1.807) is 37.5 Å². The highest BCUT2D eigenvalue weighted by Crippen LogP contribution is 2.27. The van der Waals surface area contributed by atoms with Gasteiger partial charge < -0.3 is 10.1 Å². The van der Waals surface area contributed by atoms with Gasteiger partial charge in [-0.3, -0.25) is 9.59 Å². The number of ether oxygens (including phenoxy) is 1. The fourth-order valence-corrected chi connectivity index (χ4v) is 2.45. The highest BCUT2D eigenvalue weighted by molar-refractivity contribution is 6.20. The first kappa shape index (κ1) is 15.0. The molecule has 4 nitrogen and oxygen atoms in total. The van der Waals surface area contributed by atoms with E-state index in [-0.39, 0.29) is 23.7 Å². The lowest BCUT2D eigenvalue weighted by Crippen LogP contribution is -2.10. The van der Waals surface area contributed by atoms with Crippen molar-refractivity contribution in [2.24, 2.45) is 0 Å². The molecule has 0 unspecified atom stereocenters. The van der Waals surface area contributed by atoms with Crippen LogP contribution in [0.3, 0.4) is 0 Å². The van der Waals surface area contributed by atoms with Gasteiger partial charge in [0, 0.05) is 11.1 Å². The second kappa shape index (κ2) is 6.04. The predicted octanol–water partition coefficient (Wildman–Crippen LogP) is 3.44. The molecule has 5 heteroatoms. The number of benzene rings is 2. The summed E-state index contributed by atoms with van der Waals surface area (Å²) in [6.07, 6.45) is 1.59. The molecule has 23 heavy (non-hydrogen) atoms. The smallest absolute Gasteiger partial charge is 0.228 e. The summed E-state index contributed by atoms with van der Waals surface area (Å²) in [4.78, 5) is 24.6. The minimum atomic E-state index is -0.517. The molecular formula is C18H14FNO3. The Kier molecular flexibility index (Phi) is 3.93. The Morgan fingerprint density at radius 2 is 1.87 bits per heavy atom. The monoisotopic (exact) mass is 311 g/mol. The molecule has 1 aliphatic heterocycles. The Morgan fingerprint density at radius 3 is 2.57 bits per heavy atom. The maximum Gasteiger partial charge on any atom is 0.228 e. The molecule has 0 atom stereocenters. The zero-order chi connectivity index (χ0) is 16.4. The highest BCUT2D eigenvalue weighted by Gasteiger charge is 2.24. The number of rotatable bonds is 2. The van der Waals surface area contributed by atoms with Crippen molar-refractivity contribution in [3.63, 3.8) is 0 Å². The van der Waals surface area contributed by atoms with Crippen LogP contribution < -0.4 is 10.1 Å². The second-order valence-corrected chi connectivity index (χ2v) is 5.19. The van der Waals surface area contributed by atoms with Gasteiger partial charge in [0.2, 0.25) is 5.91 Å². The van der Waals surface area contributed by atoms with Crippen LogP contribution in [0.4, 0.5) is 10.1 Å². The maximum atomic E-state index is 13.4. The van der Waals surface area contributed by atoms with E-state index in [4.69, 9.17) is 4.74 Å². The number of Topliss-reactive ketones (excluding diaryl/α,β-unsaturated/α-hetero) is 1. The Bertz CT molecular complexity index is 810. The van der Waals surface area contributed by atoms with Crippen molar-refractivity contribution in [3.05, 3.63) is 65.0 Å². The van der Waals surface area contributed by atoms with Crippen molar-refractivity contribution in [1.29, 1.82) is 0 Å². The summed E-state index contributed by atoms with van der Waals surface area (Å²) in [7, 11) is 1.57. The standard InChI is InChI=1S/C18H14FNO3/c1-23-14-5-2-11(3-6-14)8-12-9-17(21)20-16-7-4-13(19)10-15(16)18(12)22/h2-8,10H,9H2,1H3,(H,20,21)/b12-8-. The molecular weight excluding hydrogens is 297 g/mol. The van der Waals surface area contributed by atoms with Gasteiger partial charge in [-0.05, 0) is 42.0 Å². The number of hydrogen-bond donors (Lipinski definition) is 1. The van der Waals surface area contributed by atoms with Gasteiger partial charge >= 0.3 is 0 Å². The van der Waals surface area contributed by atoms with Gasteiger partial charge in [-0.2, -0.15) is 0 Å². The largest absolute Gasteiger partial charge is 0.497 e. The van der Waals surface area contributed by atoms with Crippen LogP contribution >= 0.6 is 0 Å².